The van der Waals surface area contributed by atoms with Gasteiger partial charge < -0.3 is 10.2 Å². The summed E-state index contributed by atoms with van der Waals surface area (Å²) in [6, 6.07) is 10.4. The van der Waals surface area contributed by atoms with Gasteiger partial charge in [-0.1, -0.05) is 30.3 Å². The molecule has 0 bridgehead atoms. The topological polar surface area (TPSA) is 58.1 Å². The lowest BCUT2D eigenvalue weighted by Crippen LogP contribution is -2.28. The van der Waals surface area contributed by atoms with Crippen molar-refractivity contribution in [2.75, 3.05) is 25.0 Å². The monoisotopic (exact) mass is 310 g/mol. The Kier molecular flexibility index (Phi) is 5.19. The van der Waals surface area contributed by atoms with Gasteiger partial charge in [-0.2, -0.15) is 0 Å². The number of carbonyl (C=O) groups excluding carboxylic acids is 1. The van der Waals surface area contributed by atoms with Crippen molar-refractivity contribution in [2.24, 2.45) is 0 Å². The summed E-state index contributed by atoms with van der Waals surface area (Å²) in [5, 5.41) is 3.25. The van der Waals surface area contributed by atoms with Gasteiger partial charge in [-0.3, -0.25) is 4.79 Å². The van der Waals surface area contributed by atoms with Crippen LogP contribution in [-0.4, -0.2) is 40.4 Å². The largest absolute Gasteiger partial charge is 0.369 e. The van der Waals surface area contributed by atoms with Gasteiger partial charge in [-0.25, -0.2) is 9.97 Å². The summed E-state index contributed by atoms with van der Waals surface area (Å²) in [5.74, 6) is 0.710. The minimum atomic E-state index is -0.00868. The number of likely N-dealkylation sites (tertiary alicyclic amines) is 1. The van der Waals surface area contributed by atoms with Crippen LogP contribution < -0.4 is 5.32 Å². The van der Waals surface area contributed by atoms with Crippen molar-refractivity contribution < 1.29 is 4.79 Å². The van der Waals surface area contributed by atoms with Crippen molar-refractivity contribution in [1.82, 2.24) is 14.9 Å². The van der Waals surface area contributed by atoms with Crippen LogP contribution in [0.25, 0.3) is 0 Å². The zero-order valence-electron chi connectivity index (χ0n) is 13.2. The molecule has 0 spiro atoms. The Morgan fingerprint density at radius 2 is 1.87 bits per heavy atom. The molecule has 5 heteroatoms. The van der Waals surface area contributed by atoms with E-state index in [9.17, 15) is 4.79 Å². The zero-order chi connectivity index (χ0) is 15.9. The molecule has 2 aromatic rings. The normalized spacial score (nSPS) is 14.0. The van der Waals surface area contributed by atoms with E-state index in [1.165, 1.54) is 5.56 Å². The number of carbonyl (C=O) groups is 1. The van der Waals surface area contributed by atoms with Crippen molar-refractivity contribution in [1.29, 1.82) is 0 Å². The van der Waals surface area contributed by atoms with Crippen molar-refractivity contribution in [3.8, 4) is 0 Å². The van der Waals surface area contributed by atoms with Crippen molar-refractivity contribution >= 4 is 11.7 Å². The molecule has 0 atom stereocenters. The van der Waals surface area contributed by atoms with Gasteiger partial charge in [0.1, 0.15) is 11.5 Å². The number of hydrogen-bond donors (Lipinski definition) is 1. The Balaban J connectivity index is 1.45. The molecule has 1 aliphatic heterocycles. The predicted octanol–water partition coefficient (Wildman–Crippen LogP) is 2.76. The fourth-order valence-electron chi connectivity index (χ4n) is 2.77. The molecule has 1 aromatic heterocycles. The van der Waals surface area contributed by atoms with Crippen LogP contribution >= 0.6 is 0 Å². The van der Waals surface area contributed by atoms with Gasteiger partial charge in [0.05, 0.1) is 12.4 Å². The number of nitrogens with one attached hydrogen (secondary N) is 1. The highest BCUT2D eigenvalue weighted by atomic mass is 16.2. The van der Waals surface area contributed by atoms with Gasteiger partial charge in [0, 0.05) is 19.6 Å². The molecule has 23 heavy (non-hydrogen) atoms. The molecule has 3 rings (SSSR count). The summed E-state index contributed by atoms with van der Waals surface area (Å²) >= 11 is 0. The first-order valence-corrected chi connectivity index (χ1v) is 8.22. The van der Waals surface area contributed by atoms with Gasteiger partial charge in [-0.05, 0) is 31.2 Å². The fourth-order valence-corrected chi connectivity index (χ4v) is 2.77. The van der Waals surface area contributed by atoms with Crippen LogP contribution in [0.15, 0.2) is 42.7 Å². The number of amides is 1. The van der Waals surface area contributed by atoms with Crippen LogP contribution in [0.3, 0.4) is 0 Å². The van der Waals surface area contributed by atoms with Gasteiger partial charge in [0.2, 0.25) is 0 Å². The van der Waals surface area contributed by atoms with E-state index in [1.807, 2.05) is 11.0 Å². The van der Waals surface area contributed by atoms with Gasteiger partial charge >= 0.3 is 0 Å². The molecule has 1 amide bonds. The van der Waals surface area contributed by atoms with Crippen LogP contribution in [0.5, 0.6) is 0 Å². The Labute approximate surface area is 136 Å². The molecule has 2 heterocycles. The lowest BCUT2D eigenvalue weighted by Gasteiger charge is -2.14. The summed E-state index contributed by atoms with van der Waals surface area (Å²) in [7, 11) is 0. The highest BCUT2D eigenvalue weighted by molar-refractivity contribution is 5.92. The molecular formula is C18H22N4O. The molecule has 1 aromatic carbocycles. The zero-order valence-corrected chi connectivity index (χ0v) is 13.2. The number of hydrogen-bond acceptors (Lipinski definition) is 4. The number of anilines is 1. The van der Waals surface area contributed by atoms with Crippen LogP contribution in [0.4, 0.5) is 5.82 Å². The molecule has 0 saturated carbocycles. The maximum atomic E-state index is 12.2. The molecule has 0 aliphatic carbocycles. The van der Waals surface area contributed by atoms with Crippen LogP contribution in [0.2, 0.25) is 0 Å². The number of nitrogens with zero attached hydrogens (tertiary/aromatic N) is 3. The number of aryl methyl sites for hydroxylation is 1. The van der Waals surface area contributed by atoms with Crippen LogP contribution in [0, 0.1) is 0 Å². The molecule has 5 nitrogen and oxygen atoms in total. The third kappa shape index (κ3) is 4.28. The second-order valence-corrected chi connectivity index (χ2v) is 5.80. The predicted molar refractivity (Wildman–Crippen MR) is 90.4 cm³/mol. The smallest absolute Gasteiger partial charge is 0.274 e. The lowest BCUT2D eigenvalue weighted by molar-refractivity contribution is 0.0786. The highest BCUT2D eigenvalue weighted by Gasteiger charge is 2.20. The molecule has 1 aliphatic rings. The Morgan fingerprint density at radius 3 is 2.57 bits per heavy atom. The van der Waals surface area contributed by atoms with Crippen molar-refractivity contribution in [3.05, 3.63) is 54.0 Å². The van der Waals surface area contributed by atoms with E-state index in [1.54, 1.807) is 12.4 Å². The molecule has 0 unspecified atom stereocenters. The minimum absolute atomic E-state index is 0.00868. The first-order valence-electron chi connectivity index (χ1n) is 8.22. The molecule has 1 fully saturated rings. The summed E-state index contributed by atoms with van der Waals surface area (Å²) in [6.07, 6.45) is 7.44. The maximum Gasteiger partial charge on any atom is 0.274 e. The van der Waals surface area contributed by atoms with Crippen LogP contribution in [0.1, 0.15) is 35.3 Å². The number of benzene rings is 1. The SMILES string of the molecule is O=C(c1cnc(NCCCc2ccccc2)cn1)N1CCCC1. The molecule has 1 saturated heterocycles. The lowest BCUT2D eigenvalue weighted by atomic mass is 10.1. The summed E-state index contributed by atoms with van der Waals surface area (Å²) in [6.45, 7) is 2.50. The third-order valence-corrected chi connectivity index (χ3v) is 4.06. The van der Waals surface area contributed by atoms with E-state index in [0.717, 1.165) is 51.1 Å². The first kappa shape index (κ1) is 15.5. The molecule has 0 radical (unpaired) electrons. The second-order valence-electron chi connectivity index (χ2n) is 5.80. The average molecular weight is 310 g/mol. The van der Waals surface area contributed by atoms with E-state index in [2.05, 4.69) is 39.6 Å². The molecule has 1 N–H and O–H groups in total. The van der Waals surface area contributed by atoms with E-state index in [-0.39, 0.29) is 5.91 Å². The average Bonchev–Trinajstić information content (AvgIpc) is 3.14. The van der Waals surface area contributed by atoms with Gasteiger partial charge in [0.15, 0.2) is 0 Å². The van der Waals surface area contributed by atoms with E-state index in [4.69, 9.17) is 0 Å². The number of aromatic nitrogens is 2. The summed E-state index contributed by atoms with van der Waals surface area (Å²) < 4.78 is 0. The molecule has 120 valence electrons. The Morgan fingerprint density at radius 1 is 1.09 bits per heavy atom. The second kappa shape index (κ2) is 7.72. The minimum Gasteiger partial charge on any atom is -0.369 e. The van der Waals surface area contributed by atoms with Crippen molar-refractivity contribution in [2.45, 2.75) is 25.7 Å². The summed E-state index contributed by atoms with van der Waals surface area (Å²) in [4.78, 5) is 22.6. The standard InChI is InChI=1S/C18H22N4O/c23-18(22-11-4-5-12-22)16-13-21-17(14-20-16)19-10-6-9-15-7-2-1-3-8-15/h1-3,7-8,13-14H,4-6,9-12H2,(H,19,21). The fraction of sp³-hybridized carbons (Fsp3) is 0.389. The maximum absolute atomic E-state index is 12.2. The van der Waals surface area contributed by atoms with Crippen LogP contribution in [-0.2, 0) is 6.42 Å². The highest BCUT2D eigenvalue weighted by Crippen LogP contribution is 2.12. The Bertz CT molecular complexity index is 621. The third-order valence-electron chi connectivity index (χ3n) is 4.06. The quantitative estimate of drug-likeness (QED) is 0.834. The first-order chi connectivity index (χ1) is 11.3. The Hall–Kier alpha value is -2.43. The number of rotatable bonds is 6. The van der Waals surface area contributed by atoms with E-state index >= 15 is 0 Å². The van der Waals surface area contributed by atoms with E-state index < -0.39 is 0 Å². The van der Waals surface area contributed by atoms with Gasteiger partial charge in [-0.15, -0.1) is 0 Å². The summed E-state index contributed by atoms with van der Waals surface area (Å²) in [5.41, 5.74) is 1.77. The van der Waals surface area contributed by atoms with E-state index in [0.29, 0.717) is 5.69 Å². The van der Waals surface area contributed by atoms with Crippen molar-refractivity contribution in [3.63, 3.8) is 0 Å². The van der Waals surface area contributed by atoms with Gasteiger partial charge in [0.25, 0.3) is 5.91 Å². The molecular weight excluding hydrogens is 288 g/mol.